The predicted octanol–water partition coefficient (Wildman–Crippen LogP) is 0.756. The van der Waals surface area contributed by atoms with Crippen molar-refractivity contribution >= 4 is 20.6 Å². The highest BCUT2D eigenvalue weighted by atomic mass is 32.2. The molecule has 3 rings (SSSR count). The smallest absolute Gasteiger partial charge is 0.267 e. The molecule has 1 aliphatic rings. The van der Waals surface area contributed by atoms with Crippen LogP contribution in [0.5, 0.6) is 0 Å². The largest absolute Gasteiger partial charge is 0.274 e. The Kier molecular flexibility index (Phi) is 2.48. The van der Waals surface area contributed by atoms with E-state index >= 15 is 0 Å². The molecule has 0 unspecified atom stereocenters. The molecule has 0 amide bonds. The highest BCUT2D eigenvalue weighted by Crippen LogP contribution is 2.21. The fraction of sp³-hybridized carbons (Fsp3) is 0.333. The van der Waals surface area contributed by atoms with Crippen molar-refractivity contribution in [1.29, 1.82) is 0 Å². The lowest BCUT2D eigenvalue weighted by Gasteiger charge is -2.11. The summed E-state index contributed by atoms with van der Waals surface area (Å²) in [5.74, 6) is 0.150. The van der Waals surface area contributed by atoms with E-state index in [9.17, 15) is 13.2 Å². The first-order chi connectivity index (χ1) is 8.57. The zero-order valence-corrected chi connectivity index (χ0v) is 10.4. The molecule has 1 fully saturated rings. The van der Waals surface area contributed by atoms with Crippen LogP contribution in [-0.4, -0.2) is 29.7 Å². The van der Waals surface area contributed by atoms with Crippen LogP contribution in [0, 0.1) is 0 Å². The molecule has 0 saturated carbocycles. The molecule has 1 aromatic carbocycles. The van der Waals surface area contributed by atoms with Gasteiger partial charge in [-0.1, -0.05) is 18.2 Å². The Morgan fingerprint density at radius 1 is 1.28 bits per heavy atom. The molecular weight excluding hydrogens is 252 g/mol. The van der Waals surface area contributed by atoms with E-state index in [1.54, 1.807) is 18.3 Å². The highest BCUT2D eigenvalue weighted by molar-refractivity contribution is 7.91. The van der Waals surface area contributed by atoms with Crippen molar-refractivity contribution in [3.8, 4) is 0 Å². The van der Waals surface area contributed by atoms with Gasteiger partial charge in [-0.2, -0.15) is 5.10 Å². The van der Waals surface area contributed by atoms with Gasteiger partial charge in [-0.15, -0.1) is 0 Å². The van der Waals surface area contributed by atoms with Crippen LogP contribution in [0.1, 0.15) is 12.5 Å². The van der Waals surface area contributed by atoms with Crippen LogP contribution in [0.3, 0.4) is 0 Å². The van der Waals surface area contributed by atoms with E-state index < -0.39 is 9.84 Å². The Balaban J connectivity index is 2.14. The monoisotopic (exact) mass is 264 g/mol. The molecule has 1 saturated heterocycles. The Labute approximate surface area is 104 Å². The van der Waals surface area contributed by atoms with Gasteiger partial charge in [0.1, 0.15) is 0 Å². The minimum Gasteiger partial charge on any atom is -0.267 e. The minimum atomic E-state index is -3.01. The summed E-state index contributed by atoms with van der Waals surface area (Å²) in [6.45, 7) is 0. The van der Waals surface area contributed by atoms with Gasteiger partial charge in [-0.25, -0.2) is 13.1 Å². The van der Waals surface area contributed by atoms with Crippen LogP contribution in [0.2, 0.25) is 0 Å². The molecule has 0 N–H and O–H groups in total. The average Bonchev–Trinajstić information content (AvgIpc) is 2.70. The summed E-state index contributed by atoms with van der Waals surface area (Å²) in [6, 6.07) is 6.86. The third kappa shape index (κ3) is 1.82. The second-order valence-electron chi connectivity index (χ2n) is 4.54. The van der Waals surface area contributed by atoms with E-state index in [1.165, 1.54) is 4.68 Å². The lowest BCUT2D eigenvalue weighted by Crippen LogP contribution is -2.27. The number of benzene rings is 1. The van der Waals surface area contributed by atoms with Gasteiger partial charge in [0.05, 0.1) is 29.1 Å². The van der Waals surface area contributed by atoms with E-state index in [-0.39, 0.29) is 23.1 Å². The highest BCUT2D eigenvalue weighted by Gasteiger charge is 2.30. The normalized spacial score (nSPS) is 22.3. The number of fused-ring (bicyclic) bond motifs is 1. The lowest BCUT2D eigenvalue weighted by atomic mass is 10.2. The van der Waals surface area contributed by atoms with Gasteiger partial charge in [-0.3, -0.25) is 4.79 Å². The van der Waals surface area contributed by atoms with Gasteiger partial charge in [0.2, 0.25) is 0 Å². The maximum atomic E-state index is 12.2. The van der Waals surface area contributed by atoms with E-state index in [0.717, 1.165) is 5.39 Å². The van der Waals surface area contributed by atoms with Crippen LogP contribution >= 0.6 is 0 Å². The van der Waals surface area contributed by atoms with Gasteiger partial charge >= 0.3 is 0 Å². The van der Waals surface area contributed by atoms with Crippen LogP contribution in [0.25, 0.3) is 10.8 Å². The average molecular weight is 264 g/mol. The number of aromatic nitrogens is 2. The van der Waals surface area contributed by atoms with Gasteiger partial charge in [0, 0.05) is 5.39 Å². The Morgan fingerprint density at radius 2 is 2.06 bits per heavy atom. The van der Waals surface area contributed by atoms with Crippen LogP contribution in [-0.2, 0) is 9.84 Å². The second kappa shape index (κ2) is 3.91. The molecule has 2 aromatic rings. The molecule has 1 aliphatic heterocycles. The van der Waals surface area contributed by atoms with Crippen molar-refractivity contribution in [3.05, 3.63) is 40.8 Å². The molecule has 0 bridgehead atoms. The summed E-state index contributed by atoms with van der Waals surface area (Å²) in [4.78, 5) is 12.2. The zero-order valence-electron chi connectivity index (χ0n) is 9.61. The van der Waals surface area contributed by atoms with Crippen molar-refractivity contribution in [2.75, 3.05) is 11.5 Å². The standard InChI is InChI=1S/C12H12N2O3S/c15-12-11-4-2-1-3-9(11)7-13-14(12)10-5-6-18(16,17)8-10/h1-4,7,10H,5-6,8H2/t10-/m0/s1. The van der Waals surface area contributed by atoms with Gasteiger partial charge < -0.3 is 0 Å². The first-order valence-electron chi connectivity index (χ1n) is 5.74. The molecule has 1 aromatic heterocycles. The summed E-state index contributed by atoms with van der Waals surface area (Å²) in [5.41, 5.74) is -0.213. The van der Waals surface area contributed by atoms with Crippen molar-refractivity contribution in [3.63, 3.8) is 0 Å². The lowest BCUT2D eigenvalue weighted by molar-refractivity contribution is 0.478. The molecule has 0 spiro atoms. The summed E-state index contributed by atoms with van der Waals surface area (Å²) >= 11 is 0. The quantitative estimate of drug-likeness (QED) is 0.762. The number of hydrogen-bond acceptors (Lipinski definition) is 4. The summed E-state index contributed by atoms with van der Waals surface area (Å²) in [7, 11) is -3.01. The fourth-order valence-corrected chi connectivity index (χ4v) is 4.02. The first-order valence-corrected chi connectivity index (χ1v) is 7.56. The summed E-state index contributed by atoms with van der Waals surface area (Å²) in [5, 5.41) is 5.45. The third-order valence-corrected chi connectivity index (χ3v) is 5.03. The minimum absolute atomic E-state index is 0.0121. The van der Waals surface area contributed by atoms with Gasteiger partial charge in [0.15, 0.2) is 9.84 Å². The number of hydrogen-bond donors (Lipinski definition) is 0. The molecule has 18 heavy (non-hydrogen) atoms. The molecule has 94 valence electrons. The summed E-state index contributed by atoms with van der Waals surface area (Å²) in [6.07, 6.45) is 2.08. The van der Waals surface area contributed by atoms with Crippen molar-refractivity contribution in [2.45, 2.75) is 12.5 Å². The number of nitrogens with zero attached hydrogens (tertiary/aromatic N) is 2. The van der Waals surface area contributed by atoms with Gasteiger partial charge in [-0.05, 0) is 12.5 Å². The molecule has 1 atom stereocenters. The first kappa shape index (κ1) is 11.4. The molecule has 5 nitrogen and oxygen atoms in total. The van der Waals surface area contributed by atoms with E-state index in [4.69, 9.17) is 0 Å². The van der Waals surface area contributed by atoms with E-state index in [2.05, 4.69) is 5.10 Å². The molecular formula is C12H12N2O3S. The topological polar surface area (TPSA) is 69.0 Å². The SMILES string of the molecule is O=c1c2ccccc2cnn1[C@H]1CCS(=O)(=O)C1. The van der Waals surface area contributed by atoms with Crippen LogP contribution in [0.4, 0.5) is 0 Å². The second-order valence-corrected chi connectivity index (χ2v) is 6.77. The molecule has 2 heterocycles. The Morgan fingerprint density at radius 3 is 2.78 bits per heavy atom. The maximum absolute atomic E-state index is 12.2. The fourth-order valence-electron chi connectivity index (χ4n) is 2.33. The predicted molar refractivity (Wildman–Crippen MR) is 68.3 cm³/mol. The van der Waals surface area contributed by atoms with Crippen molar-refractivity contribution in [2.24, 2.45) is 0 Å². The Bertz CT molecular complexity index is 764. The molecule has 6 heteroatoms. The number of sulfone groups is 1. The van der Waals surface area contributed by atoms with Gasteiger partial charge in [0.25, 0.3) is 5.56 Å². The van der Waals surface area contributed by atoms with Crippen LogP contribution < -0.4 is 5.56 Å². The maximum Gasteiger partial charge on any atom is 0.274 e. The molecule has 0 aliphatic carbocycles. The van der Waals surface area contributed by atoms with Crippen LogP contribution in [0.15, 0.2) is 35.3 Å². The van der Waals surface area contributed by atoms with E-state index in [1.807, 2.05) is 12.1 Å². The number of rotatable bonds is 1. The third-order valence-electron chi connectivity index (χ3n) is 3.27. The van der Waals surface area contributed by atoms with E-state index in [0.29, 0.717) is 11.8 Å². The summed E-state index contributed by atoms with van der Waals surface area (Å²) < 4.78 is 24.2. The van der Waals surface area contributed by atoms with Crippen molar-refractivity contribution in [1.82, 2.24) is 9.78 Å². The molecule has 0 radical (unpaired) electrons. The zero-order chi connectivity index (χ0) is 12.8. The Hall–Kier alpha value is -1.69. The van der Waals surface area contributed by atoms with Crippen molar-refractivity contribution < 1.29 is 8.42 Å².